The van der Waals surface area contributed by atoms with E-state index < -0.39 is 0 Å². The summed E-state index contributed by atoms with van der Waals surface area (Å²) < 4.78 is 1.40. The molecule has 0 bridgehead atoms. The lowest BCUT2D eigenvalue weighted by Crippen LogP contribution is -2.25. The second-order valence-corrected chi connectivity index (χ2v) is 5.51. The van der Waals surface area contributed by atoms with Gasteiger partial charge in [-0.3, -0.25) is 9.36 Å². The molecular formula is C19H19N3O. The van der Waals surface area contributed by atoms with E-state index in [4.69, 9.17) is 5.73 Å². The average molecular weight is 305 g/mol. The molecule has 0 fully saturated rings. The topological polar surface area (TPSA) is 60.9 Å². The Morgan fingerprint density at radius 3 is 2.22 bits per heavy atom. The van der Waals surface area contributed by atoms with Crippen molar-refractivity contribution in [2.24, 2.45) is 7.05 Å². The quantitative estimate of drug-likeness (QED) is 0.806. The van der Waals surface area contributed by atoms with Crippen molar-refractivity contribution in [3.63, 3.8) is 0 Å². The van der Waals surface area contributed by atoms with Crippen LogP contribution in [0.25, 0.3) is 11.1 Å². The number of anilines is 1. The fourth-order valence-corrected chi connectivity index (χ4v) is 2.65. The van der Waals surface area contributed by atoms with Gasteiger partial charge in [-0.15, -0.1) is 0 Å². The van der Waals surface area contributed by atoms with E-state index in [1.54, 1.807) is 7.05 Å². The van der Waals surface area contributed by atoms with E-state index in [1.165, 1.54) is 10.1 Å². The maximum absolute atomic E-state index is 12.7. The molecule has 4 nitrogen and oxygen atoms in total. The van der Waals surface area contributed by atoms with E-state index in [9.17, 15) is 4.79 Å². The van der Waals surface area contributed by atoms with Crippen LogP contribution in [0.15, 0.2) is 65.5 Å². The van der Waals surface area contributed by atoms with Gasteiger partial charge in [0.05, 0.1) is 11.3 Å². The molecule has 0 aliphatic rings. The normalized spacial score (nSPS) is 10.7. The zero-order valence-electron chi connectivity index (χ0n) is 13.1. The monoisotopic (exact) mass is 305 g/mol. The maximum atomic E-state index is 12.7. The van der Waals surface area contributed by atoms with Crippen LogP contribution < -0.4 is 11.3 Å². The molecule has 4 heteroatoms. The molecule has 0 saturated heterocycles. The van der Waals surface area contributed by atoms with E-state index in [1.807, 2.05) is 48.5 Å². The highest BCUT2D eigenvalue weighted by Crippen LogP contribution is 2.20. The van der Waals surface area contributed by atoms with Gasteiger partial charge in [0, 0.05) is 7.05 Å². The minimum Gasteiger partial charge on any atom is -0.369 e. The summed E-state index contributed by atoms with van der Waals surface area (Å²) >= 11 is 0. The number of nitrogen functional groups attached to an aromatic ring is 1. The lowest BCUT2D eigenvalue weighted by Gasteiger charge is -2.12. The molecule has 1 heterocycles. The first kappa shape index (κ1) is 15.0. The molecule has 116 valence electrons. The first-order valence-electron chi connectivity index (χ1n) is 7.61. The Balaban J connectivity index is 2.03. The number of aromatic nitrogens is 2. The zero-order chi connectivity index (χ0) is 16.2. The first-order chi connectivity index (χ1) is 11.2. The summed E-state index contributed by atoms with van der Waals surface area (Å²) in [6.45, 7) is 0. The Morgan fingerprint density at radius 2 is 1.57 bits per heavy atom. The van der Waals surface area contributed by atoms with Crippen molar-refractivity contribution in [1.29, 1.82) is 0 Å². The van der Waals surface area contributed by atoms with E-state index in [0.29, 0.717) is 12.0 Å². The van der Waals surface area contributed by atoms with Gasteiger partial charge in [-0.2, -0.15) is 0 Å². The second-order valence-electron chi connectivity index (χ2n) is 5.51. The van der Waals surface area contributed by atoms with Crippen LogP contribution in [0.5, 0.6) is 0 Å². The summed E-state index contributed by atoms with van der Waals surface area (Å²) in [5, 5.41) is 0. The Morgan fingerprint density at radius 1 is 0.957 bits per heavy atom. The zero-order valence-corrected chi connectivity index (χ0v) is 13.1. The van der Waals surface area contributed by atoms with Crippen LogP contribution in [0.1, 0.15) is 11.3 Å². The van der Waals surface area contributed by atoms with Crippen molar-refractivity contribution in [3.8, 4) is 11.1 Å². The Labute approximate surface area is 135 Å². The maximum Gasteiger partial charge on any atom is 0.262 e. The van der Waals surface area contributed by atoms with Gasteiger partial charge in [0.25, 0.3) is 5.56 Å². The summed E-state index contributed by atoms with van der Waals surface area (Å²) in [6.07, 6.45) is 1.49. The van der Waals surface area contributed by atoms with Crippen LogP contribution in [-0.4, -0.2) is 9.55 Å². The highest BCUT2D eigenvalue weighted by molar-refractivity contribution is 5.65. The number of rotatable bonds is 4. The predicted molar refractivity (Wildman–Crippen MR) is 93.2 cm³/mol. The van der Waals surface area contributed by atoms with E-state index in [0.717, 1.165) is 17.7 Å². The number of benzene rings is 2. The smallest absolute Gasteiger partial charge is 0.262 e. The minimum atomic E-state index is -0.105. The third-order valence-electron chi connectivity index (χ3n) is 3.96. The highest BCUT2D eigenvalue weighted by Gasteiger charge is 2.15. The summed E-state index contributed by atoms with van der Waals surface area (Å²) in [6, 6.07) is 19.8. The van der Waals surface area contributed by atoms with Gasteiger partial charge in [0.1, 0.15) is 0 Å². The predicted octanol–water partition coefficient (Wildman–Crippen LogP) is 2.81. The largest absolute Gasteiger partial charge is 0.369 e. The Kier molecular flexibility index (Phi) is 4.24. The van der Waals surface area contributed by atoms with Crippen LogP contribution in [0.2, 0.25) is 0 Å². The van der Waals surface area contributed by atoms with Gasteiger partial charge in [0.15, 0.2) is 0 Å². The summed E-state index contributed by atoms with van der Waals surface area (Å²) in [7, 11) is 1.65. The molecule has 0 aliphatic heterocycles. The highest BCUT2D eigenvalue weighted by atomic mass is 16.1. The van der Waals surface area contributed by atoms with Crippen molar-refractivity contribution < 1.29 is 0 Å². The fourth-order valence-electron chi connectivity index (χ4n) is 2.65. The number of nitrogens with zero attached hydrogens (tertiary/aromatic N) is 2. The first-order valence-corrected chi connectivity index (χ1v) is 7.61. The molecule has 0 saturated carbocycles. The third kappa shape index (κ3) is 3.16. The molecule has 0 unspecified atom stereocenters. The molecule has 2 aromatic carbocycles. The van der Waals surface area contributed by atoms with Gasteiger partial charge >= 0.3 is 0 Å². The van der Waals surface area contributed by atoms with Crippen LogP contribution in [0, 0.1) is 0 Å². The fraction of sp³-hybridized carbons (Fsp3) is 0.158. The molecule has 0 atom stereocenters. The summed E-state index contributed by atoms with van der Waals surface area (Å²) in [4.78, 5) is 17.1. The van der Waals surface area contributed by atoms with Crippen molar-refractivity contribution >= 4 is 5.95 Å². The Hall–Kier alpha value is -2.88. The number of aryl methyl sites for hydroxylation is 2. The van der Waals surface area contributed by atoms with E-state index in [2.05, 4.69) is 17.1 Å². The Bertz CT molecular complexity index is 855. The summed E-state index contributed by atoms with van der Waals surface area (Å²) in [5.41, 5.74) is 9.27. The molecule has 0 spiro atoms. The van der Waals surface area contributed by atoms with Gasteiger partial charge < -0.3 is 5.73 Å². The summed E-state index contributed by atoms with van der Waals surface area (Å²) in [5.74, 6) is 0.248. The average Bonchev–Trinajstić information content (AvgIpc) is 2.59. The molecule has 0 radical (unpaired) electrons. The molecule has 23 heavy (non-hydrogen) atoms. The van der Waals surface area contributed by atoms with Gasteiger partial charge in [0.2, 0.25) is 5.95 Å². The van der Waals surface area contributed by atoms with Gasteiger partial charge in [-0.25, -0.2) is 4.98 Å². The lowest BCUT2D eigenvalue weighted by molar-refractivity contribution is 0.811. The molecule has 0 aliphatic carbocycles. The minimum absolute atomic E-state index is 0.105. The number of hydrogen-bond acceptors (Lipinski definition) is 3. The number of nitrogens with two attached hydrogens (primary N) is 1. The molecule has 0 amide bonds. The standard InChI is InChI=1S/C19H19N3O/c1-22-18(23)17(15-10-6-3-7-11-15)16(21-19(22)20)13-12-14-8-4-2-5-9-14/h2-11H,12-13H2,1H3,(H2,20,21). The van der Waals surface area contributed by atoms with Gasteiger partial charge in [-0.1, -0.05) is 60.7 Å². The van der Waals surface area contributed by atoms with Crippen LogP contribution in [0.3, 0.4) is 0 Å². The molecule has 3 aromatic rings. The van der Waals surface area contributed by atoms with Crippen molar-refractivity contribution in [3.05, 3.63) is 82.3 Å². The lowest BCUT2D eigenvalue weighted by atomic mass is 10.0. The van der Waals surface area contributed by atoms with Crippen molar-refractivity contribution in [1.82, 2.24) is 9.55 Å². The van der Waals surface area contributed by atoms with Crippen LogP contribution in [0.4, 0.5) is 5.95 Å². The van der Waals surface area contributed by atoms with E-state index >= 15 is 0 Å². The van der Waals surface area contributed by atoms with Crippen molar-refractivity contribution in [2.45, 2.75) is 12.8 Å². The molecule has 2 N–H and O–H groups in total. The molecule has 1 aromatic heterocycles. The van der Waals surface area contributed by atoms with Gasteiger partial charge in [-0.05, 0) is 24.0 Å². The van der Waals surface area contributed by atoms with E-state index in [-0.39, 0.29) is 11.5 Å². The molecule has 3 rings (SSSR count). The van der Waals surface area contributed by atoms with Crippen molar-refractivity contribution in [2.75, 3.05) is 5.73 Å². The van der Waals surface area contributed by atoms with Crippen LogP contribution >= 0.6 is 0 Å². The van der Waals surface area contributed by atoms with Crippen LogP contribution in [-0.2, 0) is 19.9 Å². The third-order valence-corrected chi connectivity index (χ3v) is 3.96. The second kappa shape index (κ2) is 6.48. The molecular weight excluding hydrogens is 286 g/mol. The number of hydrogen-bond donors (Lipinski definition) is 1. The SMILES string of the molecule is Cn1c(N)nc(CCc2ccccc2)c(-c2ccccc2)c1=O.